The lowest BCUT2D eigenvalue weighted by molar-refractivity contribution is 0.00463. The van der Waals surface area contributed by atoms with E-state index in [4.69, 9.17) is 21.1 Å². The molecule has 0 aromatic heterocycles. The van der Waals surface area contributed by atoms with Gasteiger partial charge in [-0.05, 0) is 18.6 Å². The molecule has 19 heavy (non-hydrogen) atoms. The minimum atomic E-state index is 0.224. The topological polar surface area (TPSA) is 18.5 Å². The summed E-state index contributed by atoms with van der Waals surface area (Å²) in [5, 5.41) is 0. The van der Waals surface area contributed by atoms with Crippen molar-refractivity contribution in [3.05, 3.63) is 65.2 Å². The van der Waals surface area contributed by atoms with Crippen LogP contribution in [0.4, 0.5) is 0 Å². The molecule has 100 valence electrons. The highest BCUT2D eigenvalue weighted by Gasteiger charge is 2.03. The monoisotopic (exact) mass is 276 g/mol. The first-order chi connectivity index (χ1) is 9.29. The predicted molar refractivity (Wildman–Crippen MR) is 77.5 cm³/mol. The summed E-state index contributed by atoms with van der Waals surface area (Å²) < 4.78 is 11.1. The summed E-state index contributed by atoms with van der Waals surface area (Å²) in [6.45, 7) is 2.80. The maximum Gasteiger partial charge on any atom is 0.189 e. The van der Waals surface area contributed by atoms with Crippen molar-refractivity contribution >= 4 is 11.6 Å². The summed E-state index contributed by atoms with van der Waals surface area (Å²) in [6.07, 6.45) is 0. The lowest BCUT2D eigenvalue weighted by Crippen LogP contribution is -2.04. The van der Waals surface area contributed by atoms with E-state index in [1.54, 1.807) is 0 Å². The summed E-state index contributed by atoms with van der Waals surface area (Å²) in [5.41, 5.74) is 3.30. The summed E-state index contributed by atoms with van der Waals surface area (Å²) in [5.74, 6) is 1.23. The Morgan fingerprint density at radius 1 is 1.05 bits per heavy atom. The Morgan fingerprint density at radius 2 is 1.84 bits per heavy atom. The lowest BCUT2D eigenvalue weighted by atomic mass is 10.1. The van der Waals surface area contributed by atoms with E-state index in [0.717, 1.165) is 16.9 Å². The van der Waals surface area contributed by atoms with E-state index in [2.05, 4.69) is 0 Å². The second kappa shape index (κ2) is 7.17. The SMILES string of the molecule is Cc1ccc(OCOCc2ccccc2)c(CCl)c1. The summed E-state index contributed by atoms with van der Waals surface area (Å²) in [4.78, 5) is 0. The van der Waals surface area contributed by atoms with Crippen molar-refractivity contribution in [2.45, 2.75) is 19.4 Å². The molecule has 0 unspecified atom stereocenters. The van der Waals surface area contributed by atoms with Crippen LogP contribution in [-0.4, -0.2) is 6.79 Å². The highest BCUT2D eigenvalue weighted by molar-refractivity contribution is 6.17. The Kier molecular flexibility index (Phi) is 5.25. The molecule has 0 aliphatic heterocycles. The van der Waals surface area contributed by atoms with Crippen LogP contribution in [0.25, 0.3) is 0 Å². The van der Waals surface area contributed by atoms with Gasteiger partial charge in [0.25, 0.3) is 0 Å². The van der Waals surface area contributed by atoms with Gasteiger partial charge in [-0.1, -0.05) is 48.0 Å². The third kappa shape index (κ3) is 4.27. The molecule has 3 heteroatoms. The molecule has 0 fully saturated rings. The number of alkyl halides is 1. The van der Waals surface area contributed by atoms with Crippen LogP contribution < -0.4 is 4.74 Å². The number of halogens is 1. The van der Waals surface area contributed by atoms with Gasteiger partial charge in [-0.15, -0.1) is 11.6 Å². The molecule has 2 aromatic rings. The maximum absolute atomic E-state index is 5.89. The van der Waals surface area contributed by atoms with Crippen LogP contribution >= 0.6 is 11.6 Å². The molecule has 0 heterocycles. The zero-order valence-corrected chi connectivity index (χ0v) is 11.7. The number of hydrogen-bond acceptors (Lipinski definition) is 2. The Hall–Kier alpha value is -1.51. The number of hydrogen-bond donors (Lipinski definition) is 0. The molecule has 0 atom stereocenters. The highest BCUT2D eigenvalue weighted by atomic mass is 35.5. The van der Waals surface area contributed by atoms with Crippen LogP contribution in [-0.2, 0) is 17.2 Å². The van der Waals surface area contributed by atoms with E-state index in [-0.39, 0.29) is 6.79 Å². The molecule has 2 rings (SSSR count). The van der Waals surface area contributed by atoms with Gasteiger partial charge in [-0.3, -0.25) is 0 Å². The van der Waals surface area contributed by atoms with Crippen molar-refractivity contribution in [3.8, 4) is 5.75 Å². The van der Waals surface area contributed by atoms with E-state index in [0.29, 0.717) is 12.5 Å². The molecule has 0 aliphatic rings. The van der Waals surface area contributed by atoms with Crippen molar-refractivity contribution in [1.29, 1.82) is 0 Å². The second-order valence-electron chi connectivity index (χ2n) is 4.34. The van der Waals surface area contributed by atoms with E-state index >= 15 is 0 Å². The number of benzene rings is 2. The molecule has 0 saturated carbocycles. The molecule has 0 amide bonds. The molecule has 0 radical (unpaired) electrons. The molecule has 0 spiro atoms. The fourth-order valence-corrected chi connectivity index (χ4v) is 2.00. The van der Waals surface area contributed by atoms with Crippen molar-refractivity contribution in [2.24, 2.45) is 0 Å². The zero-order valence-electron chi connectivity index (χ0n) is 10.9. The summed E-state index contributed by atoms with van der Waals surface area (Å²) in [7, 11) is 0. The third-order valence-electron chi connectivity index (χ3n) is 2.77. The lowest BCUT2D eigenvalue weighted by Gasteiger charge is -2.11. The van der Waals surface area contributed by atoms with Crippen molar-refractivity contribution in [3.63, 3.8) is 0 Å². The molecule has 2 aromatic carbocycles. The summed E-state index contributed by atoms with van der Waals surface area (Å²) >= 11 is 5.89. The van der Waals surface area contributed by atoms with Gasteiger partial charge in [0.15, 0.2) is 6.79 Å². The van der Waals surface area contributed by atoms with Gasteiger partial charge in [-0.2, -0.15) is 0 Å². The van der Waals surface area contributed by atoms with E-state index in [1.165, 1.54) is 5.56 Å². The molecule has 0 aliphatic carbocycles. The Bertz CT molecular complexity index is 511. The van der Waals surface area contributed by atoms with Gasteiger partial charge in [0, 0.05) is 5.56 Å². The molecule has 0 N–H and O–H groups in total. The van der Waals surface area contributed by atoms with Gasteiger partial charge < -0.3 is 9.47 Å². The van der Waals surface area contributed by atoms with Gasteiger partial charge in [0.05, 0.1) is 12.5 Å². The molecule has 2 nitrogen and oxygen atoms in total. The second-order valence-corrected chi connectivity index (χ2v) is 4.61. The van der Waals surface area contributed by atoms with Crippen LogP contribution in [0.1, 0.15) is 16.7 Å². The van der Waals surface area contributed by atoms with Gasteiger partial charge in [-0.25, -0.2) is 0 Å². The van der Waals surface area contributed by atoms with Gasteiger partial charge in [0.2, 0.25) is 0 Å². The van der Waals surface area contributed by atoms with Crippen LogP contribution in [0.5, 0.6) is 5.75 Å². The quantitative estimate of drug-likeness (QED) is 0.445. The minimum Gasteiger partial charge on any atom is -0.467 e. The van der Waals surface area contributed by atoms with E-state index in [9.17, 15) is 0 Å². The third-order valence-corrected chi connectivity index (χ3v) is 3.06. The first kappa shape index (κ1) is 13.9. The van der Waals surface area contributed by atoms with Crippen LogP contribution in [0, 0.1) is 6.92 Å². The van der Waals surface area contributed by atoms with E-state index < -0.39 is 0 Å². The van der Waals surface area contributed by atoms with Gasteiger partial charge >= 0.3 is 0 Å². The van der Waals surface area contributed by atoms with E-state index in [1.807, 2.05) is 55.5 Å². The zero-order chi connectivity index (χ0) is 13.5. The number of aryl methyl sites for hydroxylation is 1. The van der Waals surface area contributed by atoms with Crippen molar-refractivity contribution < 1.29 is 9.47 Å². The van der Waals surface area contributed by atoms with Gasteiger partial charge in [0.1, 0.15) is 5.75 Å². The Labute approximate surface area is 118 Å². The van der Waals surface area contributed by atoms with Crippen molar-refractivity contribution in [2.75, 3.05) is 6.79 Å². The van der Waals surface area contributed by atoms with Crippen molar-refractivity contribution in [1.82, 2.24) is 0 Å². The Balaban J connectivity index is 1.83. The molecular formula is C16H17ClO2. The number of rotatable bonds is 6. The molecule has 0 bridgehead atoms. The predicted octanol–water partition coefficient (Wildman–Crippen LogP) is 4.29. The average Bonchev–Trinajstić information content (AvgIpc) is 2.46. The highest BCUT2D eigenvalue weighted by Crippen LogP contribution is 2.21. The fourth-order valence-electron chi connectivity index (χ4n) is 1.79. The normalized spacial score (nSPS) is 10.4. The fraction of sp³-hybridized carbons (Fsp3) is 0.250. The number of ether oxygens (including phenoxy) is 2. The van der Waals surface area contributed by atoms with Crippen LogP contribution in [0.3, 0.4) is 0 Å². The molecular weight excluding hydrogens is 260 g/mol. The standard InChI is InChI=1S/C16H17ClO2/c1-13-7-8-16(15(9-13)10-17)19-12-18-11-14-5-3-2-4-6-14/h2-9H,10-12H2,1H3. The minimum absolute atomic E-state index is 0.224. The summed E-state index contributed by atoms with van der Waals surface area (Å²) in [6, 6.07) is 16.0. The first-order valence-electron chi connectivity index (χ1n) is 6.19. The first-order valence-corrected chi connectivity index (χ1v) is 6.73. The Morgan fingerprint density at radius 3 is 2.58 bits per heavy atom. The largest absolute Gasteiger partial charge is 0.467 e. The average molecular weight is 277 g/mol. The maximum atomic E-state index is 5.89. The van der Waals surface area contributed by atoms with Crippen LogP contribution in [0.15, 0.2) is 48.5 Å². The van der Waals surface area contributed by atoms with Crippen LogP contribution in [0.2, 0.25) is 0 Å². The molecule has 0 saturated heterocycles. The smallest absolute Gasteiger partial charge is 0.189 e.